The molecule has 1 N–H and O–H groups in total. The molecular formula is C17H18N6O2S. The maximum Gasteiger partial charge on any atom is 0.239 e. The van der Waals surface area contributed by atoms with Gasteiger partial charge in [0, 0.05) is 30.9 Å². The number of aromatic nitrogens is 4. The van der Waals surface area contributed by atoms with Gasteiger partial charge in [0.25, 0.3) is 0 Å². The summed E-state index contributed by atoms with van der Waals surface area (Å²) in [5, 5.41) is 14.6. The summed E-state index contributed by atoms with van der Waals surface area (Å²) < 4.78 is 5.30. The minimum absolute atomic E-state index is 0.0761. The van der Waals surface area contributed by atoms with Crippen LogP contribution < -0.4 is 5.32 Å². The maximum absolute atomic E-state index is 12.2. The molecule has 1 amide bonds. The van der Waals surface area contributed by atoms with E-state index < -0.39 is 0 Å². The predicted molar refractivity (Wildman–Crippen MR) is 99.1 cm³/mol. The number of aryl methyl sites for hydroxylation is 1. The van der Waals surface area contributed by atoms with Crippen LogP contribution in [0.5, 0.6) is 0 Å². The molecule has 3 aromatic heterocycles. The highest BCUT2D eigenvalue weighted by Gasteiger charge is 2.15. The van der Waals surface area contributed by atoms with E-state index >= 15 is 0 Å². The number of nitrogens with one attached hydrogen (secondary N) is 1. The van der Waals surface area contributed by atoms with E-state index in [1.165, 1.54) is 11.3 Å². The summed E-state index contributed by atoms with van der Waals surface area (Å²) in [6.45, 7) is 5.14. The van der Waals surface area contributed by atoms with Crippen molar-refractivity contribution in [1.82, 2.24) is 25.1 Å². The van der Waals surface area contributed by atoms with Gasteiger partial charge >= 0.3 is 0 Å². The second-order valence-corrected chi connectivity index (χ2v) is 7.23. The Balaban J connectivity index is 1.51. The van der Waals surface area contributed by atoms with E-state index in [-0.39, 0.29) is 5.91 Å². The van der Waals surface area contributed by atoms with Crippen molar-refractivity contribution in [2.75, 3.05) is 38.2 Å². The number of hydrogen-bond donors (Lipinski definition) is 1. The van der Waals surface area contributed by atoms with Gasteiger partial charge in [0.1, 0.15) is 16.5 Å². The fourth-order valence-corrected chi connectivity index (χ4v) is 3.43. The molecule has 0 unspecified atom stereocenters. The third kappa shape index (κ3) is 3.85. The van der Waals surface area contributed by atoms with Gasteiger partial charge in [-0.2, -0.15) is 0 Å². The molecule has 3 aromatic rings. The number of fused-ring (bicyclic) bond motifs is 1. The van der Waals surface area contributed by atoms with E-state index in [4.69, 9.17) is 4.74 Å². The number of carbonyl (C=O) groups is 1. The number of rotatable bonds is 4. The van der Waals surface area contributed by atoms with Crippen molar-refractivity contribution < 1.29 is 9.53 Å². The number of amides is 1. The molecule has 0 aliphatic carbocycles. The van der Waals surface area contributed by atoms with Crippen LogP contribution in [-0.4, -0.2) is 63.8 Å². The van der Waals surface area contributed by atoms with Crippen molar-refractivity contribution in [1.29, 1.82) is 0 Å². The molecule has 0 spiro atoms. The fourth-order valence-electron chi connectivity index (χ4n) is 2.77. The van der Waals surface area contributed by atoms with Crippen LogP contribution in [-0.2, 0) is 9.53 Å². The molecule has 1 aliphatic heterocycles. The Bertz CT molecular complexity index is 938. The van der Waals surface area contributed by atoms with Gasteiger partial charge in [-0.15, -0.1) is 10.2 Å². The molecule has 0 saturated carbocycles. The van der Waals surface area contributed by atoms with Gasteiger partial charge in [-0.05, 0) is 24.4 Å². The average molecular weight is 370 g/mol. The Kier molecular flexibility index (Phi) is 4.83. The molecule has 1 saturated heterocycles. The van der Waals surface area contributed by atoms with Crippen molar-refractivity contribution in [2.24, 2.45) is 0 Å². The van der Waals surface area contributed by atoms with Crippen LogP contribution in [0, 0.1) is 6.92 Å². The summed E-state index contributed by atoms with van der Waals surface area (Å²) >= 11 is 1.50. The number of morpholine rings is 1. The van der Waals surface area contributed by atoms with Crippen molar-refractivity contribution in [3.63, 3.8) is 0 Å². The van der Waals surface area contributed by atoms with E-state index in [0.717, 1.165) is 39.6 Å². The highest BCUT2D eigenvalue weighted by atomic mass is 32.1. The summed E-state index contributed by atoms with van der Waals surface area (Å²) in [5.74, 6) is 0.453. The molecule has 1 aliphatic rings. The lowest BCUT2D eigenvalue weighted by atomic mass is 10.2. The summed E-state index contributed by atoms with van der Waals surface area (Å²) in [6.07, 6.45) is 3.47. The molecule has 0 atom stereocenters. The molecule has 0 bridgehead atoms. The van der Waals surface area contributed by atoms with E-state index in [1.807, 2.05) is 19.1 Å². The fraction of sp³-hybridized carbons (Fsp3) is 0.353. The molecule has 9 heteroatoms. The normalized spacial score (nSPS) is 15.3. The Morgan fingerprint density at radius 2 is 2.00 bits per heavy atom. The molecule has 26 heavy (non-hydrogen) atoms. The summed E-state index contributed by atoms with van der Waals surface area (Å²) in [5.41, 5.74) is 0.764. The highest BCUT2D eigenvalue weighted by Crippen LogP contribution is 2.25. The molecular weight excluding hydrogens is 352 g/mol. The van der Waals surface area contributed by atoms with Crippen LogP contribution in [0.2, 0.25) is 0 Å². The SMILES string of the molecule is Cc1nnc(-c2cc3cc(NC(=O)CN4CCOCC4)ncc3cn2)s1. The van der Waals surface area contributed by atoms with Crippen molar-refractivity contribution >= 4 is 33.8 Å². The Labute approximate surface area is 154 Å². The van der Waals surface area contributed by atoms with Crippen molar-refractivity contribution in [3.05, 3.63) is 29.5 Å². The molecule has 8 nitrogen and oxygen atoms in total. The molecule has 1 fully saturated rings. The largest absolute Gasteiger partial charge is 0.379 e. The van der Waals surface area contributed by atoms with Gasteiger partial charge in [0.2, 0.25) is 5.91 Å². The zero-order chi connectivity index (χ0) is 17.9. The topological polar surface area (TPSA) is 93.1 Å². The number of nitrogens with zero attached hydrogens (tertiary/aromatic N) is 5. The minimum atomic E-state index is -0.0761. The predicted octanol–water partition coefficient (Wildman–Crippen LogP) is 1.73. The Morgan fingerprint density at radius 3 is 2.77 bits per heavy atom. The highest BCUT2D eigenvalue weighted by molar-refractivity contribution is 7.14. The minimum Gasteiger partial charge on any atom is -0.379 e. The first kappa shape index (κ1) is 17.0. The maximum atomic E-state index is 12.2. The zero-order valence-electron chi connectivity index (χ0n) is 14.3. The first-order valence-electron chi connectivity index (χ1n) is 8.33. The number of hydrogen-bond acceptors (Lipinski definition) is 8. The summed E-state index contributed by atoms with van der Waals surface area (Å²) in [7, 11) is 0. The van der Waals surface area contributed by atoms with Crippen LogP contribution in [0.25, 0.3) is 21.5 Å². The van der Waals surface area contributed by atoms with Gasteiger partial charge in [-0.25, -0.2) is 4.98 Å². The third-order valence-corrected chi connectivity index (χ3v) is 4.95. The monoisotopic (exact) mass is 370 g/mol. The van der Waals surface area contributed by atoms with Gasteiger partial charge in [0.15, 0.2) is 5.01 Å². The van der Waals surface area contributed by atoms with Crippen LogP contribution in [0.1, 0.15) is 5.01 Å². The van der Waals surface area contributed by atoms with Crippen LogP contribution in [0.15, 0.2) is 24.5 Å². The van der Waals surface area contributed by atoms with E-state index in [2.05, 4.69) is 30.4 Å². The van der Waals surface area contributed by atoms with Crippen LogP contribution in [0.3, 0.4) is 0 Å². The van der Waals surface area contributed by atoms with Crippen molar-refractivity contribution in [2.45, 2.75) is 6.92 Å². The molecule has 0 radical (unpaired) electrons. The number of carbonyl (C=O) groups excluding carboxylic acids is 1. The number of pyridine rings is 2. The lowest BCUT2D eigenvalue weighted by Gasteiger charge is -2.25. The Hall–Kier alpha value is -2.49. The zero-order valence-corrected chi connectivity index (χ0v) is 15.1. The third-order valence-electron chi connectivity index (χ3n) is 4.09. The Morgan fingerprint density at radius 1 is 1.19 bits per heavy atom. The summed E-state index contributed by atoms with van der Waals surface area (Å²) in [4.78, 5) is 23.0. The number of ether oxygens (including phenoxy) is 1. The van der Waals surface area contributed by atoms with Gasteiger partial charge < -0.3 is 10.1 Å². The standard InChI is InChI=1S/C17H18N6O2S/c1-11-21-22-17(26-11)14-6-12-7-15(19-9-13(12)8-18-14)20-16(24)10-23-2-4-25-5-3-23/h6-9H,2-5,10H2,1H3,(H,19,20,24). The first-order chi connectivity index (χ1) is 12.7. The van der Waals surface area contributed by atoms with E-state index in [9.17, 15) is 4.79 Å². The molecule has 4 rings (SSSR count). The second-order valence-electron chi connectivity index (χ2n) is 6.05. The van der Waals surface area contributed by atoms with E-state index in [1.54, 1.807) is 12.4 Å². The van der Waals surface area contributed by atoms with Gasteiger partial charge in [0.05, 0.1) is 19.8 Å². The quantitative estimate of drug-likeness (QED) is 0.747. The average Bonchev–Trinajstić information content (AvgIpc) is 3.08. The molecule has 0 aromatic carbocycles. The molecule has 134 valence electrons. The van der Waals surface area contributed by atoms with Crippen LogP contribution >= 0.6 is 11.3 Å². The van der Waals surface area contributed by atoms with Crippen LogP contribution in [0.4, 0.5) is 5.82 Å². The van der Waals surface area contributed by atoms with Gasteiger partial charge in [-0.3, -0.25) is 14.7 Å². The summed E-state index contributed by atoms with van der Waals surface area (Å²) in [6, 6.07) is 3.79. The van der Waals surface area contributed by atoms with Crippen molar-refractivity contribution in [3.8, 4) is 10.7 Å². The lowest BCUT2D eigenvalue weighted by molar-refractivity contribution is -0.118. The lowest BCUT2D eigenvalue weighted by Crippen LogP contribution is -2.41. The molecule has 4 heterocycles. The van der Waals surface area contributed by atoms with E-state index in [0.29, 0.717) is 25.6 Å². The number of anilines is 1. The first-order valence-corrected chi connectivity index (χ1v) is 9.15. The second kappa shape index (κ2) is 7.40. The smallest absolute Gasteiger partial charge is 0.239 e. The van der Waals surface area contributed by atoms with Gasteiger partial charge in [-0.1, -0.05) is 11.3 Å².